The minimum atomic E-state index is -0.674. The molecule has 9 atom stereocenters. The van der Waals surface area contributed by atoms with Crippen molar-refractivity contribution in [2.75, 3.05) is 0 Å². The van der Waals surface area contributed by atoms with E-state index in [-0.39, 0.29) is 28.8 Å². The van der Waals surface area contributed by atoms with Crippen molar-refractivity contribution in [3.05, 3.63) is 11.6 Å². The summed E-state index contributed by atoms with van der Waals surface area (Å²) in [5.41, 5.74) is 1.01. The Bertz CT molecular complexity index is 531. The summed E-state index contributed by atoms with van der Waals surface area (Å²) in [4.78, 5) is 0. The molecule has 0 saturated heterocycles. The van der Waals surface area contributed by atoms with Gasteiger partial charge in [-0.25, -0.2) is 0 Å². The maximum absolute atomic E-state index is 10.9. The molecule has 4 heteroatoms. The molecule has 0 amide bonds. The van der Waals surface area contributed by atoms with Crippen molar-refractivity contribution in [3.8, 4) is 0 Å². The number of hydrogen-bond donors (Lipinski definition) is 4. The summed E-state index contributed by atoms with van der Waals surface area (Å²) >= 11 is 0. The Hall–Kier alpha value is -0.420. The van der Waals surface area contributed by atoms with E-state index in [1.165, 1.54) is 5.57 Å². The second-order valence-corrected chi connectivity index (χ2v) is 9.08. The van der Waals surface area contributed by atoms with Gasteiger partial charge in [-0.3, -0.25) is 0 Å². The van der Waals surface area contributed by atoms with Crippen LogP contribution in [0.5, 0.6) is 0 Å². The molecule has 0 aromatic heterocycles. The topological polar surface area (TPSA) is 80.9 Å². The lowest BCUT2D eigenvalue weighted by Gasteiger charge is -2.58. The fourth-order valence-electron chi connectivity index (χ4n) is 6.62. The van der Waals surface area contributed by atoms with Gasteiger partial charge in [0.05, 0.1) is 24.4 Å². The number of aliphatic hydroxyl groups is 4. The van der Waals surface area contributed by atoms with Gasteiger partial charge in [0.2, 0.25) is 0 Å². The Morgan fingerprint density at radius 1 is 1.00 bits per heavy atom. The zero-order valence-electron chi connectivity index (χ0n) is 14.2. The van der Waals surface area contributed by atoms with E-state index in [0.717, 1.165) is 25.7 Å². The lowest BCUT2D eigenvalue weighted by Crippen LogP contribution is -2.55. The smallest absolute Gasteiger partial charge is 0.0855 e. The molecule has 3 saturated carbocycles. The van der Waals surface area contributed by atoms with Crippen LogP contribution in [0.15, 0.2) is 11.6 Å². The zero-order valence-corrected chi connectivity index (χ0v) is 14.2. The van der Waals surface area contributed by atoms with Crippen LogP contribution in [0.4, 0.5) is 0 Å². The summed E-state index contributed by atoms with van der Waals surface area (Å²) in [6, 6.07) is 0. The minimum absolute atomic E-state index is 0.0585. The van der Waals surface area contributed by atoms with E-state index in [1.807, 2.05) is 6.08 Å². The molecule has 4 N–H and O–H groups in total. The minimum Gasteiger partial charge on any atom is -0.393 e. The first kappa shape index (κ1) is 16.1. The highest BCUT2D eigenvalue weighted by Crippen LogP contribution is 2.64. The Morgan fingerprint density at radius 2 is 1.74 bits per heavy atom. The fourth-order valence-corrected chi connectivity index (χ4v) is 6.62. The van der Waals surface area contributed by atoms with Gasteiger partial charge in [0.15, 0.2) is 0 Å². The summed E-state index contributed by atoms with van der Waals surface area (Å²) in [5.74, 6) is 0.674. The molecule has 0 spiro atoms. The monoisotopic (exact) mass is 322 g/mol. The molecule has 0 bridgehead atoms. The zero-order chi connectivity index (χ0) is 16.6. The maximum atomic E-state index is 10.9. The molecule has 23 heavy (non-hydrogen) atoms. The van der Waals surface area contributed by atoms with Gasteiger partial charge in [0, 0.05) is 0 Å². The number of rotatable bonds is 0. The SMILES string of the molecule is C[C@]12CC[C@H](O)CC1=C[C@H](O)[C@@H]1[C@@H]2CC[C@]2(C)C(O)C(O)C[C@@H]12. The van der Waals surface area contributed by atoms with Crippen molar-refractivity contribution in [3.63, 3.8) is 0 Å². The van der Waals surface area contributed by atoms with Gasteiger partial charge >= 0.3 is 0 Å². The average molecular weight is 322 g/mol. The van der Waals surface area contributed by atoms with E-state index in [4.69, 9.17) is 0 Å². The van der Waals surface area contributed by atoms with E-state index in [2.05, 4.69) is 13.8 Å². The van der Waals surface area contributed by atoms with E-state index in [1.54, 1.807) is 0 Å². The molecule has 4 aliphatic rings. The summed E-state index contributed by atoms with van der Waals surface area (Å²) in [6.45, 7) is 4.40. The van der Waals surface area contributed by atoms with Crippen molar-refractivity contribution in [2.24, 2.45) is 28.6 Å². The van der Waals surface area contributed by atoms with Crippen LogP contribution in [0, 0.1) is 28.6 Å². The normalized spacial score (nSPS) is 58.9. The molecule has 4 nitrogen and oxygen atoms in total. The number of fused-ring (bicyclic) bond motifs is 5. The van der Waals surface area contributed by atoms with Crippen LogP contribution in [0.3, 0.4) is 0 Å². The van der Waals surface area contributed by atoms with Crippen LogP contribution < -0.4 is 0 Å². The Kier molecular flexibility index (Phi) is 3.52. The van der Waals surface area contributed by atoms with Crippen LogP contribution in [0.1, 0.15) is 52.4 Å². The van der Waals surface area contributed by atoms with Crippen molar-refractivity contribution >= 4 is 0 Å². The fraction of sp³-hybridized carbons (Fsp3) is 0.895. The van der Waals surface area contributed by atoms with Crippen LogP contribution >= 0.6 is 0 Å². The van der Waals surface area contributed by atoms with Crippen molar-refractivity contribution in [1.82, 2.24) is 0 Å². The van der Waals surface area contributed by atoms with Crippen LogP contribution in [-0.4, -0.2) is 44.8 Å². The summed E-state index contributed by atoms with van der Waals surface area (Å²) < 4.78 is 0. The Morgan fingerprint density at radius 3 is 2.48 bits per heavy atom. The van der Waals surface area contributed by atoms with Gasteiger partial charge in [0.25, 0.3) is 0 Å². The third-order valence-corrected chi connectivity index (χ3v) is 8.08. The molecule has 3 fully saturated rings. The number of aliphatic hydroxyl groups excluding tert-OH is 4. The van der Waals surface area contributed by atoms with E-state index >= 15 is 0 Å². The molecule has 0 aromatic carbocycles. The first-order valence-corrected chi connectivity index (χ1v) is 9.21. The second-order valence-electron chi connectivity index (χ2n) is 9.08. The number of hydrogen-bond acceptors (Lipinski definition) is 4. The predicted octanol–water partition coefficient (Wildman–Crippen LogP) is 1.61. The van der Waals surface area contributed by atoms with Crippen LogP contribution in [0.25, 0.3) is 0 Å². The predicted molar refractivity (Wildman–Crippen MR) is 86.5 cm³/mol. The van der Waals surface area contributed by atoms with Gasteiger partial charge < -0.3 is 20.4 Å². The molecule has 130 valence electrons. The third kappa shape index (κ3) is 2.05. The van der Waals surface area contributed by atoms with Crippen LogP contribution in [0.2, 0.25) is 0 Å². The van der Waals surface area contributed by atoms with Crippen molar-refractivity contribution in [1.29, 1.82) is 0 Å². The molecule has 0 heterocycles. The van der Waals surface area contributed by atoms with E-state index in [0.29, 0.717) is 18.8 Å². The first-order chi connectivity index (χ1) is 10.8. The first-order valence-electron chi connectivity index (χ1n) is 9.21. The molecule has 0 aliphatic heterocycles. The van der Waals surface area contributed by atoms with Crippen molar-refractivity contribution < 1.29 is 20.4 Å². The molecule has 0 radical (unpaired) electrons. The highest BCUT2D eigenvalue weighted by molar-refractivity contribution is 5.28. The summed E-state index contributed by atoms with van der Waals surface area (Å²) in [6.07, 6.45) is 4.85. The second kappa shape index (κ2) is 5.04. The maximum Gasteiger partial charge on any atom is 0.0855 e. The summed E-state index contributed by atoms with van der Waals surface area (Å²) in [7, 11) is 0. The third-order valence-electron chi connectivity index (χ3n) is 8.08. The molecule has 0 aromatic rings. The highest BCUT2D eigenvalue weighted by Gasteiger charge is 2.62. The molecular weight excluding hydrogens is 292 g/mol. The lowest BCUT2D eigenvalue weighted by atomic mass is 9.47. The molecular formula is C19H30O4. The van der Waals surface area contributed by atoms with Gasteiger partial charge in [-0.2, -0.15) is 0 Å². The quantitative estimate of drug-likeness (QED) is 0.511. The average Bonchev–Trinajstić information content (AvgIpc) is 2.73. The molecule has 2 unspecified atom stereocenters. The van der Waals surface area contributed by atoms with Gasteiger partial charge in [-0.1, -0.05) is 25.5 Å². The molecule has 4 rings (SSSR count). The standard InChI is InChI=1S/C19H30O4/c1-18-5-3-11(20)7-10(18)8-14(21)16-12(18)4-6-19(2)13(16)9-15(22)17(19)23/h8,11-17,20-23H,3-7,9H2,1-2H3/t11-,12-,13-,14-,15?,16+,17?,18-,19-/m0/s1. The Labute approximate surface area is 138 Å². The van der Waals surface area contributed by atoms with Crippen LogP contribution in [-0.2, 0) is 0 Å². The molecule has 4 aliphatic carbocycles. The summed E-state index contributed by atoms with van der Waals surface area (Å²) in [5, 5.41) is 41.6. The van der Waals surface area contributed by atoms with Gasteiger partial charge in [-0.15, -0.1) is 0 Å². The van der Waals surface area contributed by atoms with Gasteiger partial charge in [-0.05, 0) is 67.1 Å². The Balaban J connectivity index is 1.73. The van der Waals surface area contributed by atoms with E-state index < -0.39 is 18.3 Å². The lowest BCUT2D eigenvalue weighted by molar-refractivity contribution is -0.110. The van der Waals surface area contributed by atoms with E-state index in [9.17, 15) is 20.4 Å². The highest BCUT2D eigenvalue weighted by atomic mass is 16.3. The largest absolute Gasteiger partial charge is 0.393 e. The van der Waals surface area contributed by atoms with Gasteiger partial charge in [0.1, 0.15) is 0 Å². The van der Waals surface area contributed by atoms with Crippen molar-refractivity contribution in [2.45, 2.75) is 76.8 Å².